The Morgan fingerprint density at radius 2 is 2.05 bits per heavy atom. The third-order valence-corrected chi connectivity index (χ3v) is 5.01. The highest BCUT2D eigenvalue weighted by atomic mass is 79.9. The van der Waals surface area contributed by atoms with E-state index in [-0.39, 0.29) is 0 Å². The number of benzene rings is 1. The second kappa shape index (κ2) is 7.31. The summed E-state index contributed by atoms with van der Waals surface area (Å²) in [5, 5.41) is 6.01. The van der Waals surface area contributed by atoms with Crippen LogP contribution in [-0.2, 0) is 13.1 Å². The molecule has 0 aliphatic heterocycles. The van der Waals surface area contributed by atoms with Gasteiger partial charge in [0, 0.05) is 22.4 Å². The van der Waals surface area contributed by atoms with Crippen LogP contribution < -0.4 is 14.8 Å². The molecule has 0 saturated carbocycles. The Bertz CT molecular complexity index is 589. The average Bonchev–Trinajstić information content (AvgIpc) is 2.84. The van der Waals surface area contributed by atoms with Crippen LogP contribution in [0, 0.1) is 0 Å². The fourth-order valence-electron chi connectivity index (χ4n) is 1.84. The molecule has 3 nitrogen and oxygen atoms in total. The molecule has 0 aliphatic carbocycles. The lowest BCUT2D eigenvalue weighted by molar-refractivity contribution is 0.354. The maximum atomic E-state index is 6.18. The second-order valence-electron chi connectivity index (χ2n) is 4.11. The molecule has 1 heterocycles. The van der Waals surface area contributed by atoms with E-state index in [4.69, 9.17) is 21.1 Å². The van der Waals surface area contributed by atoms with Gasteiger partial charge in [-0.05, 0) is 45.1 Å². The third kappa shape index (κ3) is 3.67. The highest BCUT2D eigenvalue weighted by Crippen LogP contribution is 2.36. The van der Waals surface area contributed by atoms with Gasteiger partial charge in [0.1, 0.15) is 0 Å². The van der Waals surface area contributed by atoms with Gasteiger partial charge in [-0.2, -0.15) is 0 Å². The Hall–Kier alpha value is -0.750. The maximum absolute atomic E-state index is 6.18. The highest BCUT2D eigenvalue weighted by molar-refractivity contribution is 9.10. The van der Waals surface area contributed by atoms with Crippen molar-refractivity contribution in [1.29, 1.82) is 0 Å². The van der Waals surface area contributed by atoms with Gasteiger partial charge in [-0.3, -0.25) is 0 Å². The van der Waals surface area contributed by atoms with Crippen molar-refractivity contribution >= 4 is 38.9 Å². The van der Waals surface area contributed by atoms with Gasteiger partial charge in [-0.25, -0.2) is 0 Å². The van der Waals surface area contributed by atoms with Crippen LogP contribution in [0.3, 0.4) is 0 Å². The lowest BCUT2D eigenvalue weighted by atomic mass is 10.2. The minimum atomic E-state index is 0.556. The van der Waals surface area contributed by atoms with E-state index in [1.165, 1.54) is 4.88 Å². The zero-order chi connectivity index (χ0) is 14.5. The van der Waals surface area contributed by atoms with Crippen LogP contribution in [0.25, 0.3) is 0 Å². The normalized spacial score (nSPS) is 10.6. The molecule has 0 bridgehead atoms. The molecule has 108 valence electrons. The van der Waals surface area contributed by atoms with E-state index in [1.807, 2.05) is 12.1 Å². The SMILES string of the molecule is COc1cc(CNCc2sccc2Br)cc(Cl)c1OC. The highest BCUT2D eigenvalue weighted by Gasteiger charge is 2.10. The predicted molar refractivity (Wildman–Crippen MR) is 87.1 cm³/mol. The largest absolute Gasteiger partial charge is 0.493 e. The average molecular weight is 377 g/mol. The van der Waals surface area contributed by atoms with Crippen molar-refractivity contribution < 1.29 is 9.47 Å². The Morgan fingerprint density at radius 3 is 2.65 bits per heavy atom. The first kappa shape index (κ1) is 15.6. The smallest absolute Gasteiger partial charge is 0.179 e. The Morgan fingerprint density at radius 1 is 1.25 bits per heavy atom. The molecule has 2 aromatic rings. The molecule has 1 aromatic carbocycles. The first-order valence-electron chi connectivity index (χ1n) is 5.98. The summed E-state index contributed by atoms with van der Waals surface area (Å²) in [7, 11) is 3.18. The first-order valence-corrected chi connectivity index (χ1v) is 8.03. The fraction of sp³-hybridized carbons (Fsp3) is 0.286. The second-order valence-corrected chi connectivity index (χ2v) is 6.37. The van der Waals surface area contributed by atoms with Crippen LogP contribution in [-0.4, -0.2) is 14.2 Å². The van der Waals surface area contributed by atoms with Gasteiger partial charge in [0.25, 0.3) is 0 Å². The maximum Gasteiger partial charge on any atom is 0.179 e. The molecular formula is C14H15BrClNO2S. The van der Waals surface area contributed by atoms with E-state index < -0.39 is 0 Å². The van der Waals surface area contributed by atoms with Gasteiger partial charge < -0.3 is 14.8 Å². The summed E-state index contributed by atoms with van der Waals surface area (Å²) < 4.78 is 11.6. The molecule has 0 fully saturated rings. The summed E-state index contributed by atoms with van der Waals surface area (Å²) in [6.07, 6.45) is 0. The number of hydrogen-bond donors (Lipinski definition) is 1. The van der Waals surface area contributed by atoms with E-state index in [0.717, 1.165) is 16.6 Å². The van der Waals surface area contributed by atoms with Crippen LogP contribution in [0.1, 0.15) is 10.4 Å². The number of thiophene rings is 1. The van der Waals surface area contributed by atoms with Crippen LogP contribution in [0.15, 0.2) is 28.1 Å². The van der Waals surface area contributed by atoms with Crippen molar-refractivity contribution in [2.45, 2.75) is 13.1 Å². The summed E-state index contributed by atoms with van der Waals surface area (Å²) in [4.78, 5) is 1.27. The molecule has 0 spiro atoms. The van der Waals surface area contributed by atoms with Crippen molar-refractivity contribution in [3.05, 3.63) is 43.5 Å². The summed E-state index contributed by atoms with van der Waals surface area (Å²) in [6.45, 7) is 1.52. The molecule has 0 aliphatic rings. The van der Waals surface area contributed by atoms with Crippen molar-refractivity contribution in [1.82, 2.24) is 5.32 Å². The quantitative estimate of drug-likeness (QED) is 0.807. The molecule has 0 saturated heterocycles. The van der Waals surface area contributed by atoms with E-state index >= 15 is 0 Å². The third-order valence-electron chi connectivity index (χ3n) is 2.80. The van der Waals surface area contributed by atoms with Gasteiger partial charge in [-0.1, -0.05) is 11.6 Å². The van der Waals surface area contributed by atoms with E-state index in [0.29, 0.717) is 23.1 Å². The van der Waals surface area contributed by atoms with Crippen molar-refractivity contribution in [3.63, 3.8) is 0 Å². The number of ether oxygens (including phenoxy) is 2. The summed E-state index contributed by atoms with van der Waals surface area (Å²) in [6, 6.07) is 5.87. The predicted octanol–water partition coefficient (Wildman–Crippen LogP) is 4.47. The molecule has 0 amide bonds. The van der Waals surface area contributed by atoms with E-state index in [2.05, 4.69) is 32.7 Å². The summed E-state index contributed by atoms with van der Waals surface area (Å²) >= 11 is 11.4. The number of nitrogens with one attached hydrogen (secondary N) is 1. The Balaban J connectivity index is 2.03. The molecule has 0 unspecified atom stereocenters. The molecule has 1 aromatic heterocycles. The van der Waals surface area contributed by atoms with E-state index in [1.54, 1.807) is 25.6 Å². The molecule has 2 rings (SSSR count). The molecule has 1 N–H and O–H groups in total. The molecule has 0 atom stereocenters. The van der Waals surface area contributed by atoms with Gasteiger partial charge in [0.15, 0.2) is 11.5 Å². The van der Waals surface area contributed by atoms with Gasteiger partial charge in [-0.15, -0.1) is 11.3 Å². The van der Waals surface area contributed by atoms with Gasteiger partial charge in [0.05, 0.1) is 19.2 Å². The minimum absolute atomic E-state index is 0.556. The van der Waals surface area contributed by atoms with Gasteiger partial charge in [0.2, 0.25) is 0 Å². The standard InChI is InChI=1S/C14H15BrClNO2S/c1-18-12-6-9(5-11(16)14(12)19-2)7-17-8-13-10(15)3-4-20-13/h3-6,17H,7-8H2,1-2H3. The topological polar surface area (TPSA) is 30.5 Å². The van der Waals surface area contributed by atoms with Crippen LogP contribution >= 0.6 is 38.9 Å². The monoisotopic (exact) mass is 375 g/mol. The Labute approximate surface area is 136 Å². The zero-order valence-corrected chi connectivity index (χ0v) is 14.4. The van der Waals surface area contributed by atoms with Gasteiger partial charge >= 0.3 is 0 Å². The zero-order valence-electron chi connectivity index (χ0n) is 11.2. The number of hydrogen-bond acceptors (Lipinski definition) is 4. The van der Waals surface area contributed by atoms with Crippen molar-refractivity contribution in [3.8, 4) is 11.5 Å². The van der Waals surface area contributed by atoms with Crippen LogP contribution in [0.2, 0.25) is 5.02 Å². The summed E-state index contributed by atoms with van der Waals surface area (Å²) in [5.74, 6) is 1.22. The van der Waals surface area contributed by atoms with E-state index in [9.17, 15) is 0 Å². The molecule has 0 radical (unpaired) electrons. The van der Waals surface area contributed by atoms with Crippen molar-refractivity contribution in [2.75, 3.05) is 14.2 Å². The lowest BCUT2D eigenvalue weighted by Crippen LogP contribution is -2.12. The van der Waals surface area contributed by atoms with Crippen LogP contribution in [0.5, 0.6) is 11.5 Å². The lowest BCUT2D eigenvalue weighted by Gasteiger charge is -2.12. The number of rotatable bonds is 6. The minimum Gasteiger partial charge on any atom is -0.493 e. The molecule has 6 heteroatoms. The first-order chi connectivity index (χ1) is 9.65. The molecule has 20 heavy (non-hydrogen) atoms. The van der Waals surface area contributed by atoms with Crippen molar-refractivity contribution in [2.24, 2.45) is 0 Å². The number of methoxy groups -OCH3 is 2. The summed E-state index contributed by atoms with van der Waals surface area (Å²) in [5.41, 5.74) is 1.06. The Kier molecular flexibility index (Phi) is 5.72. The number of halogens is 2. The van der Waals surface area contributed by atoms with Crippen LogP contribution in [0.4, 0.5) is 0 Å². The fourth-order valence-corrected chi connectivity index (χ4v) is 3.62. The molecular weight excluding hydrogens is 362 g/mol.